The third-order valence-corrected chi connectivity index (χ3v) is 4.31. The molecule has 0 aliphatic heterocycles. The number of rotatable bonds is 4. The van der Waals surface area contributed by atoms with E-state index < -0.39 is 5.38 Å². The second kappa shape index (κ2) is 6.41. The van der Waals surface area contributed by atoms with Gasteiger partial charge < -0.3 is 4.52 Å². The predicted molar refractivity (Wildman–Crippen MR) is 85.4 cm³/mol. The molecule has 3 aromatic rings. The molecule has 1 unspecified atom stereocenters. The van der Waals surface area contributed by atoms with E-state index in [1.807, 2.05) is 54.6 Å². The zero-order valence-electron chi connectivity index (χ0n) is 11.0. The highest BCUT2D eigenvalue weighted by molar-refractivity contribution is 9.10. The van der Waals surface area contributed by atoms with Gasteiger partial charge in [-0.2, -0.15) is 4.98 Å². The van der Waals surface area contributed by atoms with Crippen molar-refractivity contribution in [2.45, 2.75) is 11.8 Å². The van der Waals surface area contributed by atoms with Crippen LogP contribution in [0.2, 0.25) is 0 Å². The lowest BCUT2D eigenvalue weighted by Gasteiger charge is -2.03. The highest BCUT2D eigenvalue weighted by Gasteiger charge is 2.18. The molecule has 3 rings (SSSR count). The minimum absolute atomic E-state index is 0.421. The summed E-state index contributed by atoms with van der Waals surface area (Å²) in [5.41, 5.74) is 2.05. The van der Waals surface area contributed by atoms with Crippen molar-refractivity contribution in [2.24, 2.45) is 0 Å². The van der Waals surface area contributed by atoms with Crippen LogP contribution < -0.4 is 0 Å². The fraction of sp³-hybridized carbons (Fsp3) is 0.125. The standard InChI is InChI=1S/C16H12BrClN2O/c17-13-9-5-4-8-12(13)10-14-19-16(21-20-14)15(18)11-6-2-1-3-7-11/h1-9,15H,10H2. The average Bonchev–Trinajstić information content (AvgIpc) is 2.98. The van der Waals surface area contributed by atoms with Crippen molar-refractivity contribution in [3.05, 3.63) is 81.9 Å². The maximum absolute atomic E-state index is 6.37. The summed E-state index contributed by atoms with van der Waals surface area (Å²) < 4.78 is 6.31. The van der Waals surface area contributed by atoms with Crippen LogP contribution in [0.4, 0.5) is 0 Å². The summed E-state index contributed by atoms with van der Waals surface area (Å²) in [6, 6.07) is 17.7. The van der Waals surface area contributed by atoms with E-state index in [2.05, 4.69) is 26.1 Å². The first-order valence-corrected chi connectivity index (χ1v) is 7.72. The zero-order chi connectivity index (χ0) is 14.7. The quantitative estimate of drug-likeness (QED) is 0.628. The highest BCUT2D eigenvalue weighted by atomic mass is 79.9. The predicted octanol–water partition coefficient (Wildman–Crippen LogP) is 4.75. The Balaban J connectivity index is 1.79. The molecule has 2 aromatic carbocycles. The molecule has 1 heterocycles. The van der Waals surface area contributed by atoms with Crippen molar-refractivity contribution in [1.29, 1.82) is 0 Å². The van der Waals surface area contributed by atoms with E-state index in [9.17, 15) is 0 Å². The number of nitrogens with zero attached hydrogens (tertiary/aromatic N) is 2. The fourth-order valence-corrected chi connectivity index (χ4v) is 2.68. The van der Waals surface area contributed by atoms with Gasteiger partial charge in [0.05, 0.1) is 0 Å². The normalized spacial score (nSPS) is 12.3. The molecule has 0 bridgehead atoms. The van der Waals surface area contributed by atoms with Crippen LogP contribution in [0.3, 0.4) is 0 Å². The molecule has 0 saturated heterocycles. The lowest BCUT2D eigenvalue weighted by molar-refractivity contribution is 0.377. The summed E-state index contributed by atoms with van der Waals surface area (Å²) in [4.78, 5) is 4.39. The van der Waals surface area contributed by atoms with Gasteiger partial charge in [-0.05, 0) is 17.2 Å². The highest BCUT2D eigenvalue weighted by Crippen LogP contribution is 2.27. The molecule has 5 heteroatoms. The van der Waals surface area contributed by atoms with E-state index in [0.29, 0.717) is 18.1 Å². The van der Waals surface area contributed by atoms with E-state index in [1.54, 1.807) is 0 Å². The first kappa shape index (κ1) is 14.3. The Morgan fingerprint density at radius 3 is 2.52 bits per heavy atom. The molecular formula is C16H12BrClN2O. The van der Waals surface area contributed by atoms with Gasteiger partial charge in [0.15, 0.2) is 5.82 Å². The molecule has 106 valence electrons. The lowest BCUT2D eigenvalue weighted by atomic mass is 10.1. The molecule has 0 fully saturated rings. The summed E-state index contributed by atoms with van der Waals surface area (Å²) in [6.07, 6.45) is 0.601. The molecular weight excluding hydrogens is 352 g/mol. The molecule has 1 aromatic heterocycles. The SMILES string of the molecule is ClC(c1ccccc1)c1nc(Cc2ccccc2Br)no1. The zero-order valence-corrected chi connectivity index (χ0v) is 13.4. The van der Waals surface area contributed by atoms with Crippen molar-refractivity contribution in [3.8, 4) is 0 Å². The van der Waals surface area contributed by atoms with Gasteiger partial charge in [-0.3, -0.25) is 0 Å². The molecule has 0 saturated carbocycles. The van der Waals surface area contributed by atoms with Crippen molar-refractivity contribution in [1.82, 2.24) is 10.1 Å². The number of hydrogen-bond donors (Lipinski definition) is 0. The van der Waals surface area contributed by atoms with Crippen LogP contribution in [0.25, 0.3) is 0 Å². The minimum Gasteiger partial charge on any atom is -0.337 e. The van der Waals surface area contributed by atoms with Gasteiger partial charge in [0.25, 0.3) is 0 Å². The van der Waals surface area contributed by atoms with E-state index in [4.69, 9.17) is 16.1 Å². The van der Waals surface area contributed by atoms with E-state index in [0.717, 1.165) is 15.6 Å². The molecule has 0 radical (unpaired) electrons. The Labute approximate surface area is 136 Å². The van der Waals surface area contributed by atoms with Crippen LogP contribution in [-0.4, -0.2) is 10.1 Å². The van der Waals surface area contributed by atoms with Gasteiger partial charge in [-0.25, -0.2) is 0 Å². The molecule has 3 nitrogen and oxygen atoms in total. The lowest BCUT2D eigenvalue weighted by Crippen LogP contribution is -1.95. The van der Waals surface area contributed by atoms with Gasteiger partial charge in [0.2, 0.25) is 5.89 Å². The van der Waals surface area contributed by atoms with Crippen LogP contribution in [-0.2, 0) is 6.42 Å². The van der Waals surface area contributed by atoms with Gasteiger partial charge in [-0.1, -0.05) is 69.6 Å². The van der Waals surface area contributed by atoms with Crippen LogP contribution in [0, 0.1) is 0 Å². The Bertz CT molecular complexity index is 730. The number of hydrogen-bond acceptors (Lipinski definition) is 3. The van der Waals surface area contributed by atoms with Crippen LogP contribution in [0.15, 0.2) is 63.6 Å². The number of benzene rings is 2. The summed E-state index contributed by atoms with van der Waals surface area (Å²) in [5, 5.41) is 3.58. The van der Waals surface area contributed by atoms with E-state index in [1.165, 1.54) is 0 Å². The van der Waals surface area contributed by atoms with Gasteiger partial charge in [-0.15, -0.1) is 11.6 Å². The van der Waals surface area contributed by atoms with Crippen molar-refractivity contribution in [2.75, 3.05) is 0 Å². The Hall–Kier alpha value is -1.65. The monoisotopic (exact) mass is 362 g/mol. The topological polar surface area (TPSA) is 38.9 Å². The van der Waals surface area contributed by atoms with Crippen LogP contribution >= 0.6 is 27.5 Å². The smallest absolute Gasteiger partial charge is 0.249 e. The van der Waals surface area contributed by atoms with Crippen molar-refractivity contribution in [3.63, 3.8) is 0 Å². The minimum atomic E-state index is -0.424. The Morgan fingerprint density at radius 1 is 1.05 bits per heavy atom. The molecule has 0 amide bonds. The van der Waals surface area contributed by atoms with Gasteiger partial charge in [0.1, 0.15) is 5.38 Å². The number of alkyl halides is 1. The summed E-state index contributed by atoms with van der Waals surface area (Å²) in [6.45, 7) is 0. The second-order valence-corrected chi connectivity index (χ2v) is 5.88. The van der Waals surface area contributed by atoms with Gasteiger partial charge in [0, 0.05) is 10.9 Å². The summed E-state index contributed by atoms with van der Waals surface area (Å²) >= 11 is 9.89. The molecule has 21 heavy (non-hydrogen) atoms. The maximum Gasteiger partial charge on any atom is 0.249 e. The molecule has 0 spiro atoms. The Kier molecular flexibility index (Phi) is 4.36. The van der Waals surface area contributed by atoms with Gasteiger partial charge >= 0.3 is 0 Å². The first-order valence-electron chi connectivity index (χ1n) is 6.49. The van der Waals surface area contributed by atoms with E-state index in [-0.39, 0.29) is 0 Å². The third-order valence-electron chi connectivity index (χ3n) is 3.10. The molecule has 1 atom stereocenters. The fourth-order valence-electron chi connectivity index (χ4n) is 2.02. The van der Waals surface area contributed by atoms with E-state index >= 15 is 0 Å². The second-order valence-electron chi connectivity index (χ2n) is 4.59. The van der Waals surface area contributed by atoms with Crippen molar-refractivity contribution < 1.29 is 4.52 Å². The summed E-state index contributed by atoms with van der Waals surface area (Å²) in [5.74, 6) is 1.04. The van der Waals surface area contributed by atoms with Crippen LogP contribution in [0.5, 0.6) is 0 Å². The average molecular weight is 364 g/mol. The summed E-state index contributed by atoms with van der Waals surface area (Å²) in [7, 11) is 0. The van der Waals surface area contributed by atoms with Crippen LogP contribution in [0.1, 0.15) is 28.2 Å². The van der Waals surface area contributed by atoms with Crippen molar-refractivity contribution >= 4 is 27.5 Å². The number of aromatic nitrogens is 2. The molecule has 0 aliphatic rings. The third kappa shape index (κ3) is 3.34. The largest absolute Gasteiger partial charge is 0.337 e. The first-order chi connectivity index (χ1) is 10.2. The Morgan fingerprint density at radius 2 is 1.76 bits per heavy atom. The molecule has 0 N–H and O–H groups in total. The number of halogens is 2. The maximum atomic E-state index is 6.37. The molecule has 0 aliphatic carbocycles.